The molecule has 0 spiro atoms. The fourth-order valence-corrected chi connectivity index (χ4v) is 3.08. The van der Waals surface area contributed by atoms with E-state index in [1.165, 1.54) is 30.7 Å². The molecule has 0 unspecified atom stereocenters. The molecule has 0 atom stereocenters. The van der Waals surface area contributed by atoms with Crippen molar-refractivity contribution in [3.63, 3.8) is 0 Å². The van der Waals surface area contributed by atoms with Gasteiger partial charge in [-0.3, -0.25) is 9.59 Å². The molecular formula is C15H11BrClFN2O4. The zero-order chi connectivity index (χ0) is 18.2. The second-order valence-corrected chi connectivity index (χ2v) is 6.07. The van der Waals surface area contributed by atoms with Crippen molar-refractivity contribution >= 4 is 50.9 Å². The van der Waals surface area contributed by atoms with Crippen LogP contribution in [0.5, 0.6) is 0 Å². The van der Waals surface area contributed by atoms with Crippen molar-refractivity contribution in [3.05, 3.63) is 50.5 Å². The van der Waals surface area contributed by atoms with Crippen LogP contribution in [-0.2, 0) is 11.8 Å². The van der Waals surface area contributed by atoms with E-state index in [1.54, 1.807) is 0 Å². The molecule has 1 amide bonds. The highest BCUT2D eigenvalue weighted by Gasteiger charge is 2.29. The Kier molecular flexibility index (Phi) is 5.10. The van der Waals surface area contributed by atoms with Crippen LogP contribution in [0.2, 0.25) is 5.02 Å². The van der Waals surface area contributed by atoms with Gasteiger partial charge in [-0.1, -0.05) is 11.6 Å². The molecule has 0 fully saturated rings. The van der Waals surface area contributed by atoms with E-state index in [4.69, 9.17) is 16.7 Å². The molecule has 0 aliphatic rings. The first-order valence-corrected chi connectivity index (χ1v) is 7.71. The van der Waals surface area contributed by atoms with Crippen LogP contribution in [0.1, 0.15) is 26.4 Å². The Morgan fingerprint density at radius 2 is 1.96 bits per heavy atom. The topological polar surface area (TPSA) is 88.4 Å². The first kappa shape index (κ1) is 18.2. The van der Waals surface area contributed by atoms with Crippen LogP contribution in [0.4, 0.5) is 10.1 Å². The van der Waals surface area contributed by atoms with Crippen LogP contribution < -0.4 is 5.32 Å². The highest BCUT2D eigenvalue weighted by atomic mass is 79.9. The number of carboxylic acid groups (broad SMARTS) is 1. The van der Waals surface area contributed by atoms with Crippen LogP contribution in [0.25, 0.3) is 0 Å². The molecule has 2 aromatic rings. The number of benzene rings is 1. The number of hydrogen-bond acceptors (Lipinski definition) is 3. The molecule has 126 valence electrons. The third-order valence-electron chi connectivity index (χ3n) is 3.38. The summed E-state index contributed by atoms with van der Waals surface area (Å²) in [5.41, 5.74) is 0.455. The summed E-state index contributed by atoms with van der Waals surface area (Å²) in [5, 5.41) is 11.3. The van der Waals surface area contributed by atoms with Gasteiger partial charge in [-0.25, -0.2) is 9.18 Å². The second kappa shape index (κ2) is 6.74. The van der Waals surface area contributed by atoms with Crippen LogP contribution in [-0.4, -0.2) is 27.3 Å². The smallest absolute Gasteiger partial charge is 0.377 e. The Bertz CT molecular complexity index is 879. The van der Waals surface area contributed by atoms with Gasteiger partial charge < -0.3 is 15.0 Å². The number of nitrogens with zero attached hydrogens (tertiary/aromatic N) is 1. The molecule has 24 heavy (non-hydrogen) atoms. The molecule has 0 bridgehead atoms. The van der Waals surface area contributed by atoms with Gasteiger partial charge in [0, 0.05) is 12.7 Å². The Labute approximate surface area is 149 Å². The van der Waals surface area contributed by atoms with E-state index in [9.17, 15) is 18.8 Å². The van der Waals surface area contributed by atoms with Crippen LogP contribution in [0.15, 0.2) is 22.8 Å². The molecule has 9 heteroatoms. The number of carboxylic acids is 1. The molecule has 0 saturated carbocycles. The number of aromatic nitrogens is 1. The summed E-state index contributed by atoms with van der Waals surface area (Å²) in [6.07, 6.45) is 0. The number of rotatable bonds is 4. The lowest BCUT2D eigenvalue weighted by atomic mass is 10.1. The van der Waals surface area contributed by atoms with E-state index in [-0.39, 0.29) is 32.1 Å². The third-order valence-corrected chi connectivity index (χ3v) is 4.60. The predicted molar refractivity (Wildman–Crippen MR) is 89.2 cm³/mol. The number of carbonyl (C=O) groups is 3. The van der Waals surface area contributed by atoms with E-state index in [1.807, 2.05) is 0 Å². The summed E-state index contributed by atoms with van der Waals surface area (Å²) in [7, 11) is 1.50. The van der Waals surface area contributed by atoms with Crippen molar-refractivity contribution in [2.45, 2.75) is 6.92 Å². The summed E-state index contributed by atoms with van der Waals surface area (Å²) in [5.74, 6) is -3.97. The van der Waals surface area contributed by atoms with Gasteiger partial charge in [-0.05, 0) is 46.6 Å². The number of halogens is 3. The largest absolute Gasteiger partial charge is 0.475 e. The lowest BCUT2D eigenvalue weighted by molar-refractivity contribution is -0.131. The number of Topliss-reactive ketones (excluding diaryl/α,β-unsaturated/α-hetero) is 1. The number of aliphatic carboxylic acids is 1. The van der Waals surface area contributed by atoms with Crippen LogP contribution in [0, 0.1) is 12.7 Å². The standard InChI is InChI=1S/C15H11BrClFN2O4/c1-6-10(12(21)15(23)24)13(16)20(2)11(6)14(22)19-7-3-4-9(18)8(17)5-7/h3-5H,1-2H3,(H,19,22)(H,23,24). The lowest BCUT2D eigenvalue weighted by Gasteiger charge is -2.08. The van der Waals surface area contributed by atoms with Gasteiger partial charge >= 0.3 is 5.97 Å². The van der Waals surface area contributed by atoms with E-state index in [0.717, 1.165) is 6.07 Å². The fraction of sp³-hybridized carbons (Fsp3) is 0.133. The minimum atomic E-state index is -1.62. The van der Waals surface area contributed by atoms with Crippen molar-refractivity contribution in [2.24, 2.45) is 7.05 Å². The Morgan fingerprint density at radius 1 is 1.33 bits per heavy atom. The van der Waals surface area contributed by atoms with Crippen LogP contribution in [0.3, 0.4) is 0 Å². The highest BCUT2D eigenvalue weighted by Crippen LogP contribution is 2.28. The minimum absolute atomic E-state index is 0.0897. The molecule has 0 aliphatic carbocycles. The predicted octanol–water partition coefficient (Wildman–Crippen LogP) is 3.41. The van der Waals surface area contributed by atoms with Crippen molar-refractivity contribution in [1.82, 2.24) is 4.57 Å². The zero-order valence-corrected chi connectivity index (χ0v) is 14.8. The highest BCUT2D eigenvalue weighted by molar-refractivity contribution is 9.10. The van der Waals surface area contributed by atoms with Crippen molar-refractivity contribution in [1.29, 1.82) is 0 Å². The monoisotopic (exact) mass is 416 g/mol. The normalized spacial score (nSPS) is 10.5. The maximum absolute atomic E-state index is 13.2. The molecule has 1 aromatic carbocycles. The molecule has 0 radical (unpaired) electrons. The van der Waals surface area contributed by atoms with Crippen molar-refractivity contribution in [3.8, 4) is 0 Å². The maximum Gasteiger partial charge on any atom is 0.377 e. The molecule has 2 N–H and O–H groups in total. The van der Waals surface area contributed by atoms with Crippen molar-refractivity contribution < 1.29 is 23.9 Å². The van der Waals surface area contributed by atoms with Gasteiger partial charge in [0.2, 0.25) is 0 Å². The summed E-state index contributed by atoms with van der Waals surface area (Å²) < 4.78 is 14.7. The van der Waals surface area contributed by atoms with Gasteiger partial charge in [0.1, 0.15) is 11.5 Å². The number of amides is 1. The molecule has 6 nitrogen and oxygen atoms in total. The third kappa shape index (κ3) is 3.20. The maximum atomic E-state index is 13.2. The summed E-state index contributed by atoms with van der Waals surface area (Å²) in [6.45, 7) is 1.47. The number of hydrogen-bond donors (Lipinski definition) is 2. The number of ketones is 1. The molecule has 0 aliphatic heterocycles. The SMILES string of the molecule is Cc1c(C(=O)C(=O)O)c(Br)n(C)c1C(=O)Nc1ccc(F)c(Cl)c1. The van der Waals surface area contributed by atoms with Gasteiger partial charge in [-0.2, -0.15) is 0 Å². The first-order chi connectivity index (χ1) is 11.1. The lowest BCUT2D eigenvalue weighted by Crippen LogP contribution is -2.17. The van der Waals surface area contributed by atoms with Gasteiger partial charge in [0.05, 0.1) is 15.2 Å². The zero-order valence-electron chi connectivity index (χ0n) is 12.5. The van der Waals surface area contributed by atoms with E-state index in [2.05, 4.69) is 21.2 Å². The van der Waals surface area contributed by atoms with Gasteiger partial charge in [0.15, 0.2) is 0 Å². The average molecular weight is 418 g/mol. The summed E-state index contributed by atoms with van der Waals surface area (Å²) >= 11 is 8.79. The van der Waals surface area contributed by atoms with Gasteiger partial charge in [-0.15, -0.1) is 0 Å². The Hall–Kier alpha value is -2.19. The van der Waals surface area contributed by atoms with Gasteiger partial charge in [0.25, 0.3) is 11.7 Å². The molecular weight excluding hydrogens is 407 g/mol. The minimum Gasteiger partial charge on any atom is -0.475 e. The second-order valence-electron chi connectivity index (χ2n) is 4.92. The molecule has 1 aromatic heterocycles. The number of carbonyl (C=O) groups excluding carboxylic acids is 2. The van der Waals surface area contributed by atoms with E-state index < -0.39 is 23.5 Å². The average Bonchev–Trinajstić information content (AvgIpc) is 2.72. The van der Waals surface area contributed by atoms with E-state index >= 15 is 0 Å². The summed E-state index contributed by atoms with van der Waals surface area (Å²) in [4.78, 5) is 35.2. The number of nitrogens with one attached hydrogen (secondary N) is 1. The number of anilines is 1. The quantitative estimate of drug-likeness (QED) is 0.589. The van der Waals surface area contributed by atoms with Crippen molar-refractivity contribution in [2.75, 3.05) is 5.32 Å². The van der Waals surface area contributed by atoms with Crippen LogP contribution >= 0.6 is 27.5 Å². The summed E-state index contributed by atoms with van der Waals surface area (Å²) in [6, 6.07) is 3.67. The Morgan fingerprint density at radius 3 is 2.50 bits per heavy atom. The molecule has 0 saturated heterocycles. The molecule has 1 heterocycles. The van der Waals surface area contributed by atoms with E-state index in [0.29, 0.717) is 0 Å². The Balaban J connectivity index is 2.43. The first-order valence-electron chi connectivity index (χ1n) is 6.54. The fourth-order valence-electron chi connectivity index (χ4n) is 2.25. The molecule has 2 rings (SSSR count).